The minimum absolute atomic E-state index is 0.124. The van der Waals surface area contributed by atoms with Crippen molar-refractivity contribution in [1.82, 2.24) is 4.90 Å². The minimum Gasteiger partial charge on any atom is -0.445 e. The van der Waals surface area contributed by atoms with Crippen LogP contribution in [0.4, 0.5) is 0 Å². The van der Waals surface area contributed by atoms with Crippen molar-refractivity contribution < 1.29 is 17.6 Å². The van der Waals surface area contributed by atoms with Crippen molar-refractivity contribution in [1.29, 1.82) is 0 Å². The second kappa shape index (κ2) is 4.52. The number of thiocarbonyl (C=S) groups is 1. The number of carbonyl (C=O) groups excluding carboxylic acids is 1. The first kappa shape index (κ1) is 13.3. The SMILES string of the molecule is CN1C(=O)/C(=C\c2ccc(S(C)(=O)=O)o2)SC1=S. The highest BCUT2D eigenvalue weighted by Gasteiger charge is 2.29. The molecule has 2 rings (SSSR count). The number of hydrogen-bond donors (Lipinski definition) is 0. The maximum atomic E-state index is 11.7. The van der Waals surface area contributed by atoms with E-state index in [0.717, 1.165) is 18.0 Å². The molecule has 8 heteroatoms. The van der Waals surface area contributed by atoms with E-state index in [4.69, 9.17) is 16.6 Å². The van der Waals surface area contributed by atoms with E-state index < -0.39 is 9.84 Å². The third kappa shape index (κ3) is 2.50. The smallest absolute Gasteiger partial charge is 0.266 e. The van der Waals surface area contributed by atoms with Crippen molar-refractivity contribution in [2.75, 3.05) is 13.3 Å². The number of hydrogen-bond acceptors (Lipinski definition) is 6. The fraction of sp³-hybridized carbons (Fsp3) is 0.200. The average molecular weight is 303 g/mol. The molecule has 1 aromatic heterocycles. The van der Waals surface area contributed by atoms with Crippen LogP contribution in [0.15, 0.2) is 26.5 Å². The van der Waals surface area contributed by atoms with Gasteiger partial charge in [-0.15, -0.1) is 0 Å². The van der Waals surface area contributed by atoms with Crippen LogP contribution in [-0.4, -0.2) is 36.8 Å². The summed E-state index contributed by atoms with van der Waals surface area (Å²) >= 11 is 6.13. The minimum atomic E-state index is -3.37. The van der Waals surface area contributed by atoms with Gasteiger partial charge in [0.1, 0.15) is 10.1 Å². The van der Waals surface area contributed by atoms with Crippen molar-refractivity contribution >= 4 is 50.1 Å². The van der Waals surface area contributed by atoms with Gasteiger partial charge in [-0.1, -0.05) is 24.0 Å². The first-order valence-electron chi connectivity index (χ1n) is 4.80. The molecule has 0 N–H and O–H groups in total. The van der Waals surface area contributed by atoms with Gasteiger partial charge in [-0.25, -0.2) is 8.42 Å². The lowest BCUT2D eigenvalue weighted by Gasteiger charge is -2.03. The lowest BCUT2D eigenvalue weighted by atomic mass is 10.4. The molecule has 1 aromatic rings. The first-order valence-corrected chi connectivity index (χ1v) is 7.92. The van der Waals surface area contributed by atoms with Crippen molar-refractivity contribution in [2.24, 2.45) is 0 Å². The average Bonchev–Trinajstić information content (AvgIpc) is 2.81. The van der Waals surface area contributed by atoms with Crippen molar-refractivity contribution in [3.63, 3.8) is 0 Å². The summed E-state index contributed by atoms with van der Waals surface area (Å²) in [5.74, 6) is 0.0895. The number of thioether (sulfide) groups is 1. The van der Waals surface area contributed by atoms with Crippen LogP contribution in [0.1, 0.15) is 5.76 Å². The lowest BCUT2D eigenvalue weighted by Crippen LogP contribution is -2.22. The molecule has 2 heterocycles. The third-order valence-electron chi connectivity index (χ3n) is 2.23. The summed E-state index contributed by atoms with van der Waals surface area (Å²) in [6.45, 7) is 0. The number of sulfone groups is 1. The Balaban J connectivity index is 2.33. The van der Waals surface area contributed by atoms with Crippen LogP contribution in [0.2, 0.25) is 0 Å². The number of furan rings is 1. The normalized spacial score (nSPS) is 19.0. The summed E-state index contributed by atoms with van der Waals surface area (Å²) in [6.07, 6.45) is 2.54. The Kier molecular flexibility index (Phi) is 3.35. The fourth-order valence-corrected chi connectivity index (χ4v) is 3.01. The van der Waals surface area contributed by atoms with Crippen LogP contribution in [0.3, 0.4) is 0 Å². The predicted molar refractivity (Wildman–Crippen MR) is 72.8 cm³/mol. The number of rotatable bonds is 2. The molecule has 0 aliphatic carbocycles. The Hall–Kier alpha value is -1.12. The van der Waals surface area contributed by atoms with Gasteiger partial charge in [-0.05, 0) is 12.1 Å². The number of carbonyl (C=O) groups is 1. The van der Waals surface area contributed by atoms with Crippen LogP contribution in [0.5, 0.6) is 0 Å². The molecule has 1 saturated heterocycles. The topological polar surface area (TPSA) is 67.6 Å². The van der Waals surface area contributed by atoms with E-state index in [9.17, 15) is 13.2 Å². The number of amides is 1. The van der Waals surface area contributed by atoms with Gasteiger partial charge >= 0.3 is 0 Å². The highest BCUT2D eigenvalue weighted by atomic mass is 32.2. The summed E-state index contributed by atoms with van der Waals surface area (Å²) in [5, 5.41) is -0.124. The second-order valence-electron chi connectivity index (χ2n) is 3.67. The molecule has 0 bridgehead atoms. The van der Waals surface area contributed by atoms with E-state index in [1.165, 1.54) is 23.1 Å². The van der Waals surface area contributed by atoms with Gasteiger partial charge in [0.2, 0.25) is 14.9 Å². The third-order valence-corrected chi connectivity index (χ3v) is 4.66. The molecular weight excluding hydrogens is 294 g/mol. The number of nitrogens with zero attached hydrogens (tertiary/aromatic N) is 1. The quantitative estimate of drug-likeness (QED) is 0.609. The van der Waals surface area contributed by atoms with Crippen LogP contribution in [-0.2, 0) is 14.6 Å². The van der Waals surface area contributed by atoms with E-state index in [2.05, 4.69) is 0 Å². The lowest BCUT2D eigenvalue weighted by molar-refractivity contribution is -0.121. The van der Waals surface area contributed by atoms with Gasteiger partial charge < -0.3 is 4.42 Å². The van der Waals surface area contributed by atoms with E-state index in [1.54, 1.807) is 7.05 Å². The Bertz CT molecular complexity index is 656. The maximum Gasteiger partial charge on any atom is 0.266 e. The van der Waals surface area contributed by atoms with E-state index in [-0.39, 0.29) is 11.0 Å². The molecule has 0 spiro atoms. The molecular formula is C10H9NO4S3. The molecule has 0 unspecified atom stereocenters. The molecule has 96 valence electrons. The largest absolute Gasteiger partial charge is 0.445 e. The molecule has 5 nitrogen and oxygen atoms in total. The molecule has 1 amide bonds. The Morgan fingerprint density at radius 3 is 2.56 bits per heavy atom. The molecule has 1 aliphatic rings. The zero-order valence-corrected chi connectivity index (χ0v) is 12.0. The Morgan fingerprint density at radius 1 is 1.44 bits per heavy atom. The Labute approximate surface area is 114 Å². The van der Waals surface area contributed by atoms with Crippen molar-refractivity contribution in [3.05, 3.63) is 22.8 Å². The molecule has 0 aromatic carbocycles. The van der Waals surface area contributed by atoms with Crippen molar-refractivity contribution in [2.45, 2.75) is 5.09 Å². The van der Waals surface area contributed by atoms with Gasteiger partial charge in [0.25, 0.3) is 5.91 Å². The monoisotopic (exact) mass is 303 g/mol. The zero-order chi connectivity index (χ0) is 13.5. The standard InChI is InChI=1S/C10H9NO4S3/c1-11-9(12)7(17-10(11)16)5-6-3-4-8(15-6)18(2,13)14/h3-5H,1-2H3/b7-5+. The Morgan fingerprint density at radius 2 is 2.11 bits per heavy atom. The van der Waals surface area contributed by atoms with Crippen LogP contribution < -0.4 is 0 Å². The highest BCUT2D eigenvalue weighted by molar-refractivity contribution is 8.26. The van der Waals surface area contributed by atoms with E-state index >= 15 is 0 Å². The second-order valence-corrected chi connectivity index (χ2v) is 7.29. The van der Waals surface area contributed by atoms with Gasteiger partial charge in [0.15, 0.2) is 0 Å². The van der Waals surface area contributed by atoms with E-state index in [1.807, 2.05) is 0 Å². The van der Waals surface area contributed by atoms with Gasteiger partial charge in [-0.3, -0.25) is 9.69 Å². The van der Waals surface area contributed by atoms with Crippen LogP contribution in [0.25, 0.3) is 6.08 Å². The zero-order valence-electron chi connectivity index (χ0n) is 9.54. The summed E-state index contributed by atoms with van der Waals surface area (Å²) in [5.41, 5.74) is 0. The van der Waals surface area contributed by atoms with E-state index in [0.29, 0.717) is 15.0 Å². The van der Waals surface area contributed by atoms with Crippen molar-refractivity contribution in [3.8, 4) is 0 Å². The van der Waals surface area contributed by atoms with Gasteiger partial charge in [0.05, 0.1) is 4.91 Å². The van der Waals surface area contributed by atoms with Gasteiger partial charge in [0, 0.05) is 19.4 Å². The molecule has 1 aliphatic heterocycles. The summed E-state index contributed by atoms with van der Waals surface area (Å²) < 4.78 is 28.1. The molecule has 0 radical (unpaired) electrons. The highest BCUT2D eigenvalue weighted by Crippen LogP contribution is 2.31. The fourth-order valence-electron chi connectivity index (χ4n) is 1.29. The molecule has 1 fully saturated rings. The van der Waals surface area contributed by atoms with Crippen LogP contribution >= 0.6 is 24.0 Å². The van der Waals surface area contributed by atoms with Gasteiger partial charge in [-0.2, -0.15) is 0 Å². The maximum absolute atomic E-state index is 11.7. The molecule has 18 heavy (non-hydrogen) atoms. The number of likely N-dealkylation sites (N-methyl/N-ethyl adjacent to an activating group) is 1. The summed E-state index contributed by atoms with van der Waals surface area (Å²) in [7, 11) is -1.79. The predicted octanol–water partition coefficient (Wildman–Crippen LogP) is 1.51. The summed E-state index contributed by atoms with van der Waals surface area (Å²) in [4.78, 5) is 13.5. The molecule has 0 saturated carbocycles. The first-order chi connectivity index (χ1) is 8.29. The molecule has 0 atom stereocenters. The van der Waals surface area contributed by atoms with Crippen LogP contribution in [0, 0.1) is 0 Å². The summed E-state index contributed by atoms with van der Waals surface area (Å²) in [6, 6.07) is 2.85.